The van der Waals surface area contributed by atoms with Crippen molar-refractivity contribution in [2.24, 2.45) is 16.5 Å². The van der Waals surface area contributed by atoms with E-state index in [0.29, 0.717) is 5.92 Å². The molecule has 1 heterocycles. The minimum absolute atomic E-state index is 0.0576. The van der Waals surface area contributed by atoms with Gasteiger partial charge in [0.25, 0.3) is 0 Å². The van der Waals surface area contributed by atoms with E-state index in [9.17, 15) is 4.79 Å². The van der Waals surface area contributed by atoms with Gasteiger partial charge in [-0.05, 0) is 31.6 Å². The number of amidine groups is 1. The van der Waals surface area contributed by atoms with Crippen molar-refractivity contribution >= 4 is 11.9 Å². The lowest BCUT2D eigenvalue weighted by atomic mass is 9.72. The van der Waals surface area contributed by atoms with E-state index in [1.165, 1.54) is 25.7 Å². The lowest BCUT2D eigenvalue weighted by molar-refractivity contribution is 0.0122. The Morgan fingerprint density at radius 1 is 1.14 bits per heavy atom. The molecular weight excluding hydrogens is 350 g/mol. The fourth-order valence-electron chi connectivity index (χ4n) is 4.05. The highest BCUT2D eigenvalue weighted by Crippen LogP contribution is 2.43. The highest BCUT2D eigenvalue weighted by molar-refractivity contribution is 6.01. The number of carbonyl (C=O) groups excluding carboxylic acids is 1. The number of hydrogen-bond acceptors (Lipinski definition) is 3. The molecule has 5 nitrogen and oxygen atoms in total. The van der Waals surface area contributed by atoms with Gasteiger partial charge in [0.1, 0.15) is 6.10 Å². The molecule has 2 amide bonds. The number of urea groups is 1. The number of amides is 2. The van der Waals surface area contributed by atoms with Gasteiger partial charge in [0.05, 0.1) is 5.41 Å². The Morgan fingerprint density at radius 2 is 1.75 bits per heavy atom. The molecule has 28 heavy (non-hydrogen) atoms. The maximum absolute atomic E-state index is 12.8. The normalized spacial score (nSPS) is 19.1. The van der Waals surface area contributed by atoms with Crippen LogP contribution in [0.4, 0.5) is 4.79 Å². The number of oxime groups is 1. The van der Waals surface area contributed by atoms with Gasteiger partial charge >= 0.3 is 6.03 Å². The van der Waals surface area contributed by atoms with Crippen LogP contribution >= 0.6 is 0 Å². The summed E-state index contributed by atoms with van der Waals surface area (Å²) in [6, 6.07) is -0.0576. The number of rotatable bonds is 13. The maximum atomic E-state index is 12.8. The Kier molecular flexibility index (Phi) is 11.6. The average Bonchev–Trinajstić information content (AvgIpc) is 3.03. The SMILES string of the molecule is CCCCCC1(CCCCC)C(NC(=O)N(C)CCC(C)CC)=NOC1CC. The van der Waals surface area contributed by atoms with E-state index in [-0.39, 0.29) is 17.6 Å². The standard InChI is InChI=1S/C23H45N3O2/c1-7-11-13-16-23(17-14-12-8-2)20(10-4)28-25-21(23)24-22(27)26(6)18-15-19(5)9-3/h19-20H,7-18H2,1-6H3,(H,24,25,27). The molecule has 1 aliphatic rings. The Hall–Kier alpha value is -1.26. The molecular formula is C23H45N3O2. The van der Waals surface area contributed by atoms with Gasteiger partial charge in [-0.2, -0.15) is 0 Å². The van der Waals surface area contributed by atoms with Crippen LogP contribution in [0.2, 0.25) is 0 Å². The summed E-state index contributed by atoms with van der Waals surface area (Å²) >= 11 is 0. The monoisotopic (exact) mass is 395 g/mol. The summed E-state index contributed by atoms with van der Waals surface area (Å²) in [5.74, 6) is 1.40. The van der Waals surface area contributed by atoms with E-state index >= 15 is 0 Å². The van der Waals surface area contributed by atoms with Gasteiger partial charge in [0.15, 0.2) is 5.84 Å². The van der Waals surface area contributed by atoms with E-state index in [1.807, 2.05) is 7.05 Å². The molecule has 0 aromatic rings. The Labute approximate surface area is 173 Å². The molecule has 0 saturated heterocycles. The van der Waals surface area contributed by atoms with Crippen LogP contribution in [-0.2, 0) is 4.84 Å². The third-order valence-electron chi connectivity index (χ3n) is 6.41. The highest BCUT2D eigenvalue weighted by atomic mass is 16.6. The van der Waals surface area contributed by atoms with Crippen LogP contribution in [0.1, 0.15) is 105 Å². The minimum atomic E-state index is -0.147. The van der Waals surface area contributed by atoms with Crippen molar-refractivity contribution in [3.05, 3.63) is 0 Å². The van der Waals surface area contributed by atoms with Crippen molar-refractivity contribution in [1.29, 1.82) is 0 Å². The number of nitrogens with one attached hydrogen (secondary N) is 1. The molecule has 0 aliphatic carbocycles. The second-order valence-corrected chi connectivity index (χ2v) is 8.67. The molecule has 1 rings (SSSR count). The van der Waals surface area contributed by atoms with E-state index < -0.39 is 0 Å². The summed E-state index contributed by atoms with van der Waals surface area (Å²) in [4.78, 5) is 20.5. The van der Waals surface area contributed by atoms with Crippen molar-refractivity contribution in [3.8, 4) is 0 Å². The summed E-state index contributed by atoms with van der Waals surface area (Å²) in [5.41, 5.74) is -0.147. The smallest absolute Gasteiger partial charge is 0.322 e. The van der Waals surface area contributed by atoms with Gasteiger partial charge in [-0.15, -0.1) is 0 Å². The first-order valence-corrected chi connectivity index (χ1v) is 11.7. The first kappa shape index (κ1) is 24.8. The minimum Gasteiger partial charge on any atom is -0.390 e. The summed E-state index contributed by atoms with van der Waals surface area (Å²) in [5, 5.41) is 7.53. The number of nitrogens with zero attached hydrogens (tertiary/aromatic N) is 2. The van der Waals surface area contributed by atoms with Gasteiger partial charge in [0, 0.05) is 13.6 Å². The number of carbonyl (C=O) groups is 1. The second kappa shape index (κ2) is 13.1. The van der Waals surface area contributed by atoms with Crippen LogP contribution in [0.3, 0.4) is 0 Å². The average molecular weight is 396 g/mol. The lowest BCUT2D eigenvalue weighted by Gasteiger charge is -2.34. The highest BCUT2D eigenvalue weighted by Gasteiger charge is 2.48. The molecule has 0 spiro atoms. The Balaban J connectivity index is 2.86. The molecule has 0 aromatic heterocycles. The van der Waals surface area contributed by atoms with Crippen molar-refractivity contribution < 1.29 is 9.63 Å². The molecule has 2 atom stereocenters. The van der Waals surface area contributed by atoms with Crippen LogP contribution in [0.15, 0.2) is 5.16 Å². The van der Waals surface area contributed by atoms with Crippen molar-refractivity contribution in [1.82, 2.24) is 10.2 Å². The first-order valence-electron chi connectivity index (χ1n) is 11.7. The van der Waals surface area contributed by atoms with Gasteiger partial charge in [-0.3, -0.25) is 5.32 Å². The number of unbranched alkanes of at least 4 members (excludes halogenated alkanes) is 4. The predicted molar refractivity (Wildman–Crippen MR) is 119 cm³/mol. The Morgan fingerprint density at radius 3 is 2.25 bits per heavy atom. The molecule has 0 radical (unpaired) electrons. The van der Waals surface area contributed by atoms with Crippen LogP contribution in [-0.4, -0.2) is 36.5 Å². The maximum Gasteiger partial charge on any atom is 0.322 e. The van der Waals surface area contributed by atoms with Crippen molar-refractivity contribution in [2.45, 2.75) is 111 Å². The van der Waals surface area contributed by atoms with Crippen molar-refractivity contribution in [2.75, 3.05) is 13.6 Å². The molecule has 1 aliphatic heterocycles. The quantitative estimate of drug-likeness (QED) is 0.370. The van der Waals surface area contributed by atoms with Gasteiger partial charge < -0.3 is 9.74 Å². The zero-order chi connectivity index (χ0) is 21.0. The molecule has 5 heteroatoms. The van der Waals surface area contributed by atoms with Gasteiger partial charge in [-0.1, -0.05) is 84.7 Å². The largest absolute Gasteiger partial charge is 0.390 e. The van der Waals surface area contributed by atoms with E-state index in [2.05, 4.69) is 45.1 Å². The van der Waals surface area contributed by atoms with Crippen LogP contribution in [0.25, 0.3) is 0 Å². The third kappa shape index (κ3) is 6.97. The molecule has 0 bridgehead atoms. The molecule has 0 fully saturated rings. The van der Waals surface area contributed by atoms with Crippen LogP contribution in [0, 0.1) is 11.3 Å². The molecule has 164 valence electrons. The zero-order valence-corrected chi connectivity index (χ0v) is 19.4. The lowest BCUT2D eigenvalue weighted by Crippen LogP contribution is -2.50. The fourth-order valence-corrected chi connectivity index (χ4v) is 4.05. The van der Waals surface area contributed by atoms with Gasteiger partial charge in [-0.25, -0.2) is 4.79 Å². The van der Waals surface area contributed by atoms with E-state index in [0.717, 1.165) is 57.3 Å². The fraction of sp³-hybridized carbons (Fsp3) is 0.913. The zero-order valence-electron chi connectivity index (χ0n) is 19.4. The van der Waals surface area contributed by atoms with Gasteiger partial charge in [0.2, 0.25) is 0 Å². The summed E-state index contributed by atoms with van der Waals surface area (Å²) in [7, 11) is 1.88. The number of hydrogen-bond donors (Lipinski definition) is 1. The molecule has 0 saturated carbocycles. The van der Waals surface area contributed by atoms with Crippen LogP contribution < -0.4 is 5.32 Å². The molecule has 2 unspecified atom stereocenters. The predicted octanol–water partition coefficient (Wildman–Crippen LogP) is 6.33. The third-order valence-corrected chi connectivity index (χ3v) is 6.41. The topological polar surface area (TPSA) is 53.9 Å². The summed E-state index contributed by atoms with van der Waals surface area (Å²) < 4.78 is 0. The molecule has 0 aromatic carbocycles. The Bertz CT molecular complexity index is 468. The summed E-state index contributed by atoms with van der Waals surface area (Å²) in [6.07, 6.45) is 12.4. The first-order chi connectivity index (χ1) is 13.4. The van der Waals surface area contributed by atoms with E-state index in [4.69, 9.17) is 4.84 Å². The summed E-state index contributed by atoms with van der Waals surface area (Å²) in [6.45, 7) is 11.8. The van der Waals surface area contributed by atoms with Crippen molar-refractivity contribution in [3.63, 3.8) is 0 Å². The second-order valence-electron chi connectivity index (χ2n) is 8.67. The molecule has 1 N–H and O–H groups in total. The van der Waals surface area contributed by atoms with Crippen LogP contribution in [0.5, 0.6) is 0 Å². The van der Waals surface area contributed by atoms with E-state index in [1.54, 1.807) is 4.90 Å².